The second-order valence-corrected chi connectivity index (χ2v) is 14.3. The Balaban J connectivity index is 1.20. The van der Waals surface area contributed by atoms with E-state index in [1.54, 1.807) is 0 Å². The van der Waals surface area contributed by atoms with Gasteiger partial charge in [-0.1, -0.05) is 12.2 Å². The molecule has 7 N–H and O–H groups in total. The zero-order valence-electron chi connectivity index (χ0n) is 22.1. The summed E-state index contributed by atoms with van der Waals surface area (Å²) < 4.78 is 58.4. The average molecular weight is 695 g/mol. The van der Waals surface area contributed by atoms with Crippen molar-refractivity contribution >= 4 is 72.1 Å². The van der Waals surface area contributed by atoms with Gasteiger partial charge in [0, 0.05) is 6.42 Å². The summed E-state index contributed by atoms with van der Waals surface area (Å²) in [5.41, 5.74) is 11.4. The topological polar surface area (TPSA) is 263 Å². The lowest BCUT2D eigenvalue weighted by Gasteiger charge is -2.26. The number of H-pyrrole nitrogens is 1. The van der Waals surface area contributed by atoms with Gasteiger partial charge in [0.2, 0.25) is 13.2 Å². The Morgan fingerprint density at radius 2 is 1.91 bits per heavy atom. The summed E-state index contributed by atoms with van der Waals surface area (Å²) in [6.07, 6.45) is -5.03. The molecule has 2 aliphatic rings. The molecule has 2 aliphatic heterocycles. The highest BCUT2D eigenvalue weighted by atomic mass is 32.7. The van der Waals surface area contributed by atoms with E-state index in [2.05, 4.69) is 42.2 Å². The van der Waals surface area contributed by atoms with Gasteiger partial charge in [0.1, 0.15) is 30.2 Å². The van der Waals surface area contributed by atoms with Crippen LogP contribution in [0.3, 0.4) is 0 Å². The van der Waals surface area contributed by atoms with E-state index in [0.717, 1.165) is 0 Å². The summed E-state index contributed by atoms with van der Waals surface area (Å²) in [5, 5.41) is 9.73. The number of aromatic amines is 1. The van der Waals surface area contributed by atoms with Gasteiger partial charge in [0.15, 0.2) is 41.3 Å². The Kier molecular flexibility index (Phi) is 8.76. The molecule has 19 nitrogen and oxygen atoms in total. The first-order chi connectivity index (χ1) is 21.0. The third-order valence-electron chi connectivity index (χ3n) is 6.91. The number of anilines is 2. The summed E-state index contributed by atoms with van der Waals surface area (Å²) in [6, 6.07) is 0. The molecule has 0 amide bonds. The minimum atomic E-state index is -4.13. The van der Waals surface area contributed by atoms with Crippen LogP contribution in [0, 0.1) is 0 Å². The molecule has 24 heteroatoms. The van der Waals surface area contributed by atoms with Crippen LogP contribution in [0.4, 0.5) is 16.2 Å². The Morgan fingerprint density at radius 1 is 1.18 bits per heavy atom. The van der Waals surface area contributed by atoms with E-state index in [0.29, 0.717) is 0 Å². The number of ether oxygens (including phenoxy) is 2. The van der Waals surface area contributed by atoms with Gasteiger partial charge in [0.05, 0.1) is 32.0 Å². The van der Waals surface area contributed by atoms with E-state index in [-0.39, 0.29) is 40.5 Å². The number of nitrogen functional groups attached to an aromatic ring is 2. The van der Waals surface area contributed by atoms with Crippen LogP contribution in [0.15, 0.2) is 23.8 Å². The molecule has 4 aromatic rings. The molecule has 0 radical (unpaired) electrons. The van der Waals surface area contributed by atoms with E-state index in [1.807, 2.05) is 0 Å². The van der Waals surface area contributed by atoms with Crippen LogP contribution >= 0.6 is 26.2 Å². The van der Waals surface area contributed by atoms with Crippen molar-refractivity contribution in [2.75, 3.05) is 24.7 Å². The lowest BCUT2D eigenvalue weighted by Crippen LogP contribution is -2.32. The molecule has 44 heavy (non-hydrogen) atoms. The van der Waals surface area contributed by atoms with E-state index in [9.17, 15) is 19.4 Å². The van der Waals surface area contributed by atoms with Gasteiger partial charge in [-0.25, -0.2) is 24.3 Å². The van der Waals surface area contributed by atoms with Crippen molar-refractivity contribution < 1.29 is 42.0 Å². The Hall–Kier alpha value is -2.62. The molecule has 9 atom stereocenters. The highest BCUT2D eigenvalue weighted by Crippen LogP contribution is 2.51. The molecular weight excluding hydrogens is 669 g/mol. The molecule has 5 unspecified atom stereocenters. The van der Waals surface area contributed by atoms with Crippen LogP contribution in [-0.4, -0.2) is 92.8 Å². The summed E-state index contributed by atoms with van der Waals surface area (Å²) in [4.78, 5) is 45.8. The van der Waals surface area contributed by atoms with Crippen molar-refractivity contribution in [3.8, 4) is 0 Å². The molecule has 2 saturated heterocycles. The fourth-order valence-electron chi connectivity index (χ4n) is 5.04. The summed E-state index contributed by atoms with van der Waals surface area (Å²) in [5.74, 6) is -0.101. The number of halogens is 1. The maximum absolute atomic E-state index is 15.7. The fraction of sp³-hybridized carbons (Fsp3) is 0.500. The normalized spacial score (nSPS) is 29.4. The standard InChI is InChI=1S/C20H25FN10O9P2S2/c21-10-13(39-41(34)43)9(38-19(10)30-5-26-11-14(22)24-4-25-15(11)30)3-36-42(35,44)40-8-1-7(2-32)37-18(8)31-6-27-12-16(31)28-20(23)29-17(12)33/h4-10,13,18-19,32,41H,1-3H2,(H,34,43)(H,35,44)(H2,22,24,25)(H3,23,28,29,33)/t7-,8?,9+,10?,13?,18+,19+,42?/m0/s1. The largest absolute Gasteiger partial charge is 0.394 e. The van der Waals surface area contributed by atoms with Crippen LogP contribution in [-0.2, 0) is 39.4 Å². The van der Waals surface area contributed by atoms with Gasteiger partial charge in [0.25, 0.3) is 5.56 Å². The van der Waals surface area contributed by atoms with Crippen molar-refractivity contribution in [1.82, 2.24) is 39.0 Å². The first-order valence-corrected chi connectivity index (χ1v) is 17.9. The fourth-order valence-corrected chi connectivity index (χ4v) is 7.36. The second kappa shape index (κ2) is 12.3. The molecule has 6 rings (SSSR count). The molecule has 4 aromatic heterocycles. The Bertz CT molecular complexity index is 1830. The number of nitrogens with one attached hydrogen (secondary N) is 1. The van der Waals surface area contributed by atoms with Crippen molar-refractivity contribution in [3.63, 3.8) is 0 Å². The number of thiol groups is 1. The summed E-state index contributed by atoms with van der Waals surface area (Å²) in [6.45, 7) is -5.08. The number of rotatable bonds is 10. The number of hydrogen-bond acceptors (Lipinski definition) is 16. The predicted molar refractivity (Wildman–Crippen MR) is 157 cm³/mol. The molecule has 6 heterocycles. The number of aromatic nitrogens is 8. The number of alkyl halides is 1. The third kappa shape index (κ3) is 5.99. The molecule has 0 spiro atoms. The number of imidazole rings is 2. The van der Waals surface area contributed by atoms with Crippen LogP contribution in [0.25, 0.3) is 22.3 Å². The van der Waals surface area contributed by atoms with E-state index in [4.69, 9.17) is 46.3 Å². The Morgan fingerprint density at radius 3 is 2.64 bits per heavy atom. The second-order valence-electron chi connectivity index (χ2n) is 9.69. The number of nitrogens with two attached hydrogens (primary N) is 2. The van der Waals surface area contributed by atoms with Gasteiger partial charge >= 0.3 is 6.72 Å². The van der Waals surface area contributed by atoms with Crippen LogP contribution in [0.2, 0.25) is 0 Å². The van der Waals surface area contributed by atoms with E-state index >= 15 is 4.39 Å². The molecule has 0 bridgehead atoms. The monoisotopic (exact) mass is 694 g/mol. The highest BCUT2D eigenvalue weighted by Gasteiger charge is 2.49. The first-order valence-electron chi connectivity index (χ1n) is 12.7. The van der Waals surface area contributed by atoms with E-state index in [1.165, 1.54) is 28.1 Å². The third-order valence-corrected chi connectivity index (χ3v) is 9.29. The van der Waals surface area contributed by atoms with Gasteiger partial charge < -0.3 is 44.5 Å². The minimum Gasteiger partial charge on any atom is -0.394 e. The Labute approximate surface area is 256 Å². The molecule has 0 aromatic carbocycles. The van der Waals surface area contributed by atoms with Gasteiger partial charge in [-0.15, -0.1) is 0 Å². The highest BCUT2D eigenvalue weighted by molar-refractivity contribution is 8.39. The maximum atomic E-state index is 15.7. The SMILES string of the molecule is Nc1nc2c(ncn2[C@@H]2O[C@H](CO)CC2OP(O)(=S)OC[C@H]2O[C@@H](n3cnc4c(N)ncnc43)C(F)C2O[PH](=O)S)c(=O)[nH]1. The van der Waals surface area contributed by atoms with Crippen molar-refractivity contribution in [2.45, 2.75) is 49.5 Å². The molecule has 0 saturated carbocycles. The van der Waals surface area contributed by atoms with Crippen molar-refractivity contribution in [2.24, 2.45) is 0 Å². The van der Waals surface area contributed by atoms with Crippen molar-refractivity contribution in [3.05, 3.63) is 29.3 Å². The lowest BCUT2D eigenvalue weighted by atomic mass is 10.1. The number of fused-ring (bicyclic) bond motifs is 2. The lowest BCUT2D eigenvalue weighted by molar-refractivity contribution is -0.0538. The van der Waals surface area contributed by atoms with Crippen molar-refractivity contribution in [1.29, 1.82) is 0 Å². The van der Waals surface area contributed by atoms with Crippen LogP contribution in [0.1, 0.15) is 18.9 Å². The predicted octanol–water partition coefficient (Wildman–Crippen LogP) is -0.0375. The van der Waals surface area contributed by atoms with Crippen LogP contribution in [0.5, 0.6) is 0 Å². The minimum absolute atomic E-state index is 0.0308. The van der Waals surface area contributed by atoms with Gasteiger partial charge in [-0.2, -0.15) is 4.98 Å². The molecule has 2 fully saturated rings. The van der Waals surface area contributed by atoms with Crippen LogP contribution < -0.4 is 17.0 Å². The number of aliphatic hydroxyl groups is 1. The zero-order chi connectivity index (χ0) is 31.3. The molecule has 238 valence electrons. The summed E-state index contributed by atoms with van der Waals surface area (Å²) >= 11 is 9.00. The first kappa shape index (κ1) is 31.4. The average Bonchev–Trinajstić information content (AvgIpc) is 3.73. The number of aliphatic hydroxyl groups excluding tert-OH is 1. The number of hydrogen-bond donors (Lipinski definition) is 6. The molecular formula is C20H25FN10O9P2S2. The van der Waals surface area contributed by atoms with Gasteiger partial charge in [-0.3, -0.25) is 23.5 Å². The smallest absolute Gasteiger partial charge is 0.325 e. The summed E-state index contributed by atoms with van der Waals surface area (Å²) in [7, 11) is -2.96. The van der Waals surface area contributed by atoms with E-state index < -0.39 is 75.8 Å². The quantitative estimate of drug-likeness (QED) is 0.0939. The number of nitrogens with zero attached hydrogens (tertiary/aromatic N) is 7. The van der Waals surface area contributed by atoms with Gasteiger partial charge in [-0.05, 0) is 11.8 Å². The maximum Gasteiger partial charge on any atom is 0.325 e. The zero-order valence-corrected chi connectivity index (χ0v) is 25.7. The molecule has 0 aliphatic carbocycles.